The number of hydrogen-bond donors (Lipinski definition) is 2. The quantitative estimate of drug-likeness (QED) is 0.853. The van der Waals surface area contributed by atoms with Crippen molar-refractivity contribution in [2.45, 2.75) is 45.2 Å². The van der Waals surface area contributed by atoms with Crippen molar-refractivity contribution in [3.8, 4) is 0 Å². The van der Waals surface area contributed by atoms with Gasteiger partial charge in [0, 0.05) is 18.3 Å². The summed E-state index contributed by atoms with van der Waals surface area (Å²) in [5.74, 6) is -1.29. The summed E-state index contributed by atoms with van der Waals surface area (Å²) in [6.45, 7) is 6.44. The van der Waals surface area contributed by atoms with E-state index in [4.69, 9.17) is 4.74 Å². The van der Waals surface area contributed by atoms with Crippen LogP contribution in [0.3, 0.4) is 0 Å². The molecule has 2 N–H and O–H groups in total. The predicted octanol–water partition coefficient (Wildman–Crippen LogP) is 1.68. The molecule has 1 unspecified atom stereocenters. The molecule has 3 rings (SSSR count). The average molecular weight is 346 g/mol. The SMILES string of the molecule is Cc1cc(C(=O)NC2(CC(=O)O)CCOC2)c2cnn(C(C)C)c2n1. The van der Waals surface area contributed by atoms with Crippen LogP contribution >= 0.6 is 0 Å². The molecule has 1 aliphatic heterocycles. The number of nitrogens with one attached hydrogen (secondary N) is 1. The van der Waals surface area contributed by atoms with E-state index >= 15 is 0 Å². The maximum atomic E-state index is 12.9. The first-order valence-corrected chi connectivity index (χ1v) is 8.28. The summed E-state index contributed by atoms with van der Waals surface area (Å²) >= 11 is 0. The van der Waals surface area contributed by atoms with Crippen molar-refractivity contribution in [1.82, 2.24) is 20.1 Å². The molecular formula is C17H22N4O4. The van der Waals surface area contributed by atoms with Gasteiger partial charge in [0.05, 0.1) is 35.7 Å². The van der Waals surface area contributed by atoms with Gasteiger partial charge in [-0.2, -0.15) is 5.10 Å². The van der Waals surface area contributed by atoms with Gasteiger partial charge in [0.1, 0.15) is 0 Å². The maximum absolute atomic E-state index is 12.9. The largest absolute Gasteiger partial charge is 0.481 e. The summed E-state index contributed by atoms with van der Waals surface area (Å²) in [6, 6.07) is 1.82. The molecule has 8 heteroatoms. The van der Waals surface area contributed by atoms with Crippen LogP contribution in [0.25, 0.3) is 11.0 Å². The lowest BCUT2D eigenvalue weighted by Gasteiger charge is -2.27. The Labute approximate surface area is 145 Å². The zero-order valence-corrected chi connectivity index (χ0v) is 14.6. The number of carbonyl (C=O) groups excluding carboxylic acids is 1. The van der Waals surface area contributed by atoms with E-state index in [0.717, 1.165) is 0 Å². The minimum Gasteiger partial charge on any atom is -0.481 e. The van der Waals surface area contributed by atoms with E-state index in [1.54, 1.807) is 16.9 Å². The zero-order chi connectivity index (χ0) is 18.2. The van der Waals surface area contributed by atoms with Crippen LogP contribution in [0.5, 0.6) is 0 Å². The van der Waals surface area contributed by atoms with Gasteiger partial charge in [-0.3, -0.25) is 9.59 Å². The van der Waals surface area contributed by atoms with Crippen molar-refractivity contribution in [3.63, 3.8) is 0 Å². The standard InChI is InChI=1S/C17H22N4O4/c1-10(2)21-15-13(8-18-21)12(6-11(3)19-15)16(24)20-17(7-14(22)23)4-5-25-9-17/h6,8,10H,4-5,7,9H2,1-3H3,(H,20,24)(H,22,23). The highest BCUT2D eigenvalue weighted by atomic mass is 16.5. The third-order valence-corrected chi connectivity index (χ3v) is 4.40. The fourth-order valence-electron chi connectivity index (χ4n) is 3.20. The van der Waals surface area contributed by atoms with Crippen molar-refractivity contribution in [2.24, 2.45) is 0 Å². The Kier molecular flexibility index (Phi) is 4.47. The molecule has 0 spiro atoms. The number of carbonyl (C=O) groups is 2. The first-order valence-electron chi connectivity index (χ1n) is 8.28. The minimum atomic E-state index is -0.963. The predicted molar refractivity (Wildman–Crippen MR) is 90.5 cm³/mol. The second kappa shape index (κ2) is 6.44. The third kappa shape index (κ3) is 3.34. The number of ether oxygens (including phenoxy) is 1. The first kappa shape index (κ1) is 17.3. The molecule has 1 fully saturated rings. The van der Waals surface area contributed by atoms with Crippen molar-refractivity contribution in [2.75, 3.05) is 13.2 Å². The van der Waals surface area contributed by atoms with Crippen molar-refractivity contribution in [1.29, 1.82) is 0 Å². The molecule has 2 aromatic rings. The Balaban J connectivity index is 1.98. The third-order valence-electron chi connectivity index (χ3n) is 4.40. The van der Waals surface area contributed by atoms with Crippen molar-refractivity contribution in [3.05, 3.63) is 23.5 Å². The normalized spacial score (nSPS) is 20.3. The van der Waals surface area contributed by atoms with Crippen LogP contribution in [0.4, 0.5) is 0 Å². The number of aromatic nitrogens is 3. The van der Waals surface area contributed by atoms with E-state index in [-0.39, 0.29) is 25.0 Å². The number of aryl methyl sites for hydroxylation is 1. The van der Waals surface area contributed by atoms with E-state index in [2.05, 4.69) is 15.4 Å². The molecule has 1 atom stereocenters. The summed E-state index contributed by atoms with van der Waals surface area (Å²) in [5, 5.41) is 17.0. The van der Waals surface area contributed by atoms with Gasteiger partial charge in [0.2, 0.25) is 0 Å². The smallest absolute Gasteiger partial charge is 0.305 e. The van der Waals surface area contributed by atoms with Gasteiger partial charge >= 0.3 is 5.97 Å². The van der Waals surface area contributed by atoms with Gasteiger partial charge in [0.15, 0.2) is 5.65 Å². The summed E-state index contributed by atoms with van der Waals surface area (Å²) in [6.07, 6.45) is 1.94. The molecular weight excluding hydrogens is 324 g/mol. The molecule has 0 aromatic carbocycles. The molecule has 1 saturated heterocycles. The number of rotatable bonds is 5. The fourth-order valence-corrected chi connectivity index (χ4v) is 3.20. The lowest BCUT2D eigenvalue weighted by atomic mass is 9.93. The summed E-state index contributed by atoms with van der Waals surface area (Å²) in [5.41, 5.74) is 0.927. The molecule has 1 aliphatic rings. The maximum Gasteiger partial charge on any atom is 0.305 e. The van der Waals surface area contributed by atoms with E-state index in [0.29, 0.717) is 35.3 Å². The van der Waals surface area contributed by atoms with Crippen LogP contribution in [0.15, 0.2) is 12.3 Å². The molecule has 134 valence electrons. The van der Waals surface area contributed by atoms with Crippen LogP contribution < -0.4 is 5.32 Å². The Morgan fingerprint density at radius 3 is 2.84 bits per heavy atom. The molecule has 8 nitrogen and oxygen atoms in total. The lowest BCUT2D eigenvalue weighted by Crippen LogP contribution is -2.50. The Hall–Kier alpha value is -2.48. The number of carboxylic acids is 1. The molecule has 3 heterocycles. The van der Waals surface area contributed by atoms with Gasteiger partial charge in [-0.05, 0) is 33.3 Å². The van der Waals surface area contributed by atoms with Gasteiger partial charge < -0.3 is 15.2 Å². The Bertz CT molecular complexity index is 821. The second-order valence-electron chi connectivity index (χ2n) is 6.84. The number of nitrogens with zero attached hydrogens (tertiary/aromatic N) is 3. The number of amides is 1. The van der Waals surface area contributed by atoms with Gasteiger partial charge in [-0.15, -0.1) is 0 Å². The molecule has 0 bridgehead atoms. The highest BCUT2D eigenvalue weighted by Crippen LogP contribution is 2.26. The molecule has 0 aliphatic carbocycles. The van der Waals surface area contributed by atoms with Gasteiger partial charge in [-0.1, -0.05) is 0 Å². The summed E-state index contributed by atoms with van der Waals surface area (Å²) in [7, 11) is 0. The summed E-state index contributed by atoms with van der Waals surface area (Å²) in [4.78, 5) is 28.6. The van der Waals surface area contributed by atoms with E-state index in [1.807, 2.05) is 20.8 Å². The van der Waals surface area contributed by atoms with Crippen molar-refractivity contribution >= 4 is 22.9 Å². The van der Waals surface area contributed by atoms with Crippen LogP contribution in [0.1, 0.15) is 48.8 Å². The van der Waals surface area contributed by atoms with Gasteiger partial charge in [0.25, 0.3) is 5.91 Å². The van der Waals surface area contributed by atoms with Crippen LogP contribution in [-0.2, 0) is 9.53 Å². The number of hydrogen-bond acceptors (Lipinski definition) is 5. The van der Waals surface area contributed by atoms with Crippen LogP contribution in [0.2, 0.25) is 0 Å². The monoisotopic (exact) mass is 346 g/mol. The van der Waals surface area contributed by atoms with Crippen LogP contribution in [-0.4, -0.2) is 50.5 Å². The topological polar surface area (TPSA) is 106 Å². The highest BCUT2D eigenvalue weighted by Gasteiger charge is 2.39. The number of aliphatic carboxylic acids is 1. The van der Waals surface area contributed by atoms with Gasteiger partial charge in [-0.25, -0.2) is 9.67 Å². The first-order chi connectivity index (χ1) is 11.8. The van der Waals surface area contributed by atoms with E-state index in [9.17, 15) is 14.7 Å². The molecule has 0 radical (unpaired) electrons. The molecule has 25 heavy (non-hydrogen) atoms. The Morgan fingerprint density at radius 1 is 1.48 bits per heavy atom. The lowest BCUT2D eigenvalue weighted by molar-refractivity contribution is -0.138. The number of carboxylic acid groups (broad SMARTS) is 1. The Morgan fingerprint density at radius 2 is 2.24 bits per heavy atom. The van der Waals surface area contributed by atoms with E-state index in [1.165, 1.54) is 0 Å². The van der Waals surface area contributed by atoms with Crippen LogP contribution in [0, 0.1) is 6.92 Å². The molecule has 2 aromatic heterocycles. The highest BCUT2D eigenvalue weighted by molar-refractivity contribution is 6.06. The number of pyridine rings is 1. The number of fused-ring (bicyclic) bond motifs is 1. The average Bonchev–Trinajstić information content (AvgIpc) is 3.12. The molecule has 0 saturated carbocycles. The van der Waals surface area contributed by atoms with E-state index < -0.39 is 11.5 Å². The van der Waals surface area contributed by atoms with Crippen molar-refractivity contribution < 1.29 is 19.4 Å². The molecule has 1 amide bonds. The zero-order valence-electron chi connectivity index (χ0n) is 14.6. The fraction of sp³-hybridized carbons (Fsp3) is 0.529. The summed E-state index contributed by atoms with van der Waals surface area (Å²) < 4.78 is 7.11. The second-order valence-corrected chi connectivity index (χ2v) is 6.84. The minimum absolute atomic E-state index is 0.115.